The Morgan fingerprint density at radius 3 is 2.75 bits per heavy atom. The zero-order chi connectivity index (χ0) is 14.1. The second-order valence-corrected chi connectivity index (χ2v) is 4.62. The van der Waals surface area contributed by atoms with E-state index in [0.717, 1.165) is 10.9 Å². The maximum atomic E-state index is 12.1. The minimum absolute atomic E-state index is 0.0211. The average Bonchev–Trinajstić information content (AvgIpc) is 2.84. The third-order valence-electron chi connectivity index (χ3n) is 3.05. The molecule has 1 heterocycles. The summed E-state index contributed by atoms with van der Waals surface area (Å²) in [6, 6.07) is 14.0. The van der Waals surface area contributed by atoms with Crippen LogP contribution in [0.5, 0.6) is 5.75 Å². The predicted octanol–water partition coefficient (Wildman–Crippen LogP) is 3.70. The maximum Gasteiger partial charge on any atom is 0.291 e. The molecule has 0 aliphatic heterocycles. The standard InChI is InChI=1S/C16H13NO3/c1-10-6-7-11-9-15(20-14(11)8-10)16(19)17-12-4-2-3-5-13(12)18/h2-9,18H,1H3,(H,17,19). The first-order chi connectivity index (χ1) is 9.63. The van der Waals surface area contributed by atoms with Gasteiger partial charge in [0.1, 0.15) is 11.3 Å². The minimum Gasteiger partial charge on any atom is -0.506 e. The fourth-order valence-corrected chi connectivity index (χ4v) is 2.01. The smallest absolute Gasteiger partial charge is 0.291 e. The molecule has 0 bridgehead atoms. The van der Waals surface area contributed by atoms with Gasteiger partial charge in [0.05, 0.1) is 5.69 Å². The number of hydrogen-bond donors (Lipinski definition) is 2. The summed E-state index contributed by atoms with van der Waals surface area (Å²) in [4.78, 5) is 12.1. The summed E-state index contributed by atoms with van der Waals surface area (Å²) in [6.07, 6.45) is 0. The van der Waals surface area contributed by atoms with Crippen LogP contribution in [0.1, 0.15) is 16.1 Å². The molecule has 3 rings (SSSR count). The highest BCUT2D eigenvalue weighted by Crippen LogP contribution is 2.24. The molecule has 0 atom stereocenters. The van der Waals surface area contributed by atoms with E-state index in [1.165, 1.54) is 6.07 Å². The van der Waals surface area contributed by atoms with Crippen molar-refractivity contribution in [3.63, 3.8) is 0 Å². The van der Waals surface area contributed by atoms with Gasteiger partial charge in [0.25, 0.3) is 5.91 Å². The molecule has 2 N–H and O–H groups in total. The Labute approximate surface area is 115 Å². The average molecular weight is 267 g/mol. The lowest BCUT2D eigenvalue weighted by Crippen LogP contribution is -2.10. The van der Waals surface area contributed by atoms with Gasteiger partial charge in [-0.25, -0.2) is 0 Å². The Morgan fingerprint density at radius 1 is 1.15 bits per heavy atom. The predicted molar refractivity (Wildman–Crippen MR) is 77.0 cm³/mol. The molecule has 20 heavy (non-hydrogen) atoms. The number of phenolic OH excluding ortho intramolecular Hbond substituents is 1. The molecule has 1 aromatic heterocycles. The number of carbonyl (C=O) groups excluding carboxylic acids is 1. The summed E-state index contributed by atoms with van der Waals surface area (Å²) in [5, 5.41) is 13.1. The number of amides is 1. The van der Waals surface area contributed by atoms with E-state index in [-0.39, 0.29) is 17.4 Å². The van der Waals surface area contributed by atoms with Crippen LogP contribution in [-0.4, -0.2) is 11.0 Å². The van der Waals surface area contributed by atoms with Crippen molar-refractivity contribution in [1.29, 1.82) is 0 Å². The first kappa shape index (κ1) is 12.3. The molecule has 0 aliphatic carbocycles. The zero-order valence-corrected chi connectivity index (χ0v) is 10.9. The van der Waals surface area contributed by atoms with Crippen LogP contribution < -0.4 is 5.32 Å². The van der Waals surface area contributed by atoms with Gasteiger partial charge in [-0.3, -0.25) is 4.79 Å². The SMILES string of the molecule is Cc1ccc2cc(C(=O)Nc3ccccc3O)oc2c1. The maximum absolute atomic E-state index is 12.1. The Morgan fingerprint density at radius 2 is 1.95 bits per heavy atom. The third kappa shape index (κ3) is 2.23. The first-order valence-electron chi connectivity index (χ1n) is 6.23. The lowest BCUT2D eigenvalue weighted by Gasteiger charge is -2.04. The van der Waals surface area contributed by atoms with Crippen LogP contribution in [0.4, 0.5) is 5.69 Å². The van der Waals surface area contributed by atoms with Gasteiger partial charge in [-0.2, -0.15) is 0 Å². The topological polar surface area (TPSA) is 62.5 Å². The van der Waals surface area contributed by atoms with Crippen LogP contribution in [0, 0.1) is 6.92 Å². The number of carbonyl (C=O) groups is 1. The molecular formula is C16H13NO3. The van der Waals surface area contributed by atoms with Gasteiger partial charge in [0, 0.05) is 5.39 Å². The van der Waals surface area contributed by atoms with Gasteiger partial charge in [-0.1, -0.05) is 24.3 Å². The number of benzene rings is 2. The van der Waals surface area contributed by atoms with Gasteiger partial charge in [-0.05, 0) is 36.8 Å². The van der Waals surface area contributed by atoms with Crippen LogP contribution in [-0.2, 0) is 0 Å². The summed E-state index contributed by atoms with van der Waals surface area (Å²) >= 11 is 0. The van der Waals surface area contributed by atoms with Crippen molar-refractivity contribution in [3.05, 3.63) is 59.9 Å². The number of furan rings is 1. The van der Waals surface area contributed by atoms with Crippen LogP contribution >= 0.6 is 0 Å². The number of hydrogen-bond acceptors (Lipinski definition) is 3. The molecule has 0 radical (unpaired) electrons. The van der Waals surface area contributed by atoms with E-state index in [4.69, 9.17) is 4.42 Å². The van der Waals surface area contributed by atoms with Gasteiger partial charge < -0.3 is 14.8 Å². The number of phenols is 1. The number of aryl methyl sites for hydroxylation is 1. The van der Waals surface area contributed by atoms with Crippen LogP contribution in [0.3, 0.4) is 0 Å². The van der Waals surface area contributed by atoms with Crippen molar-refractivity contribution >= 4 is 22.6 Å². The summed E-state index contributed by atoms with van der Waals surface area (Å²) in [5.74, 6) is -0.151. The second-order valence-electron chi connectivity index (χ2n) is 4.62. The van der Waals surface area contributed by atoms with E-state index in [2.05, 4.69) is 5.32 Å². The monoisotopic (exact) mass is 267 g/mol. The van der Waals surface area contributed by atoms with E-state index in [0.29, 0.717) is 11.3 Å². The van der Waals surface area contributed by atoms with Crippen LogP contribution in [0.25, 0.3) is 11.0 Å². The molecule has 0 saturated heterocycles. The van der Waals surface area contributed by atoms with Crippen LogP contribution in [0.15, 0.2) is 52.9 Å². The van der Waals surface area contributed by atoms with Crippen LogP contribution in [0.2, 0.25) is 0 Å². The number of anilines is 1. The van der Waals surface area contributed by atoms with Crippen molar-refractivity contribution < 1.29 is 14.3 Å². The van der Waals surface area contributed by atoms with Crippen molar-refractivity contribution in [2.24, 2.45) is 0 Å². The van der Waals surface area contributed by atoms with E-state index in [1.54, 1.807) is 24.3 Å². The summed E-state index contributed by atoms with van der Waals surface area (Å²) < 4.78 is 5.53. The number of nitrogens with one attached hydrogen (secondary N) is 1. The number of para-hydroxylation sites is 2. The summed E-state index contributed by atoms with van der Waals surface area (Å²) in [7, 11) is 0. The van der Waals surface area contributed by atoms with Gasteiger partial charge >= 0.3 is 0 Å². The van der Waals surface area contributed by atoms with E-state index < -0.39 is 0 Å². The highest BCUT2D eigenvalue weighted by atomic mass is 16.3. The normalized spacial score (nSPS) is 10.7. The van der Waals surface area contributed by atoms with Crippen molar-refractivity contribution in [2.45, 2.75) is 6.92 Å². The Kier molecular flexibility index (Phi) is 2.91. The number of rotatable bonds is 2. The highest BCUT2D eigenvalue weighted by Gasteiger charge is 2.13. The molecule has 0 unspecified atom stereocenters. The Hall–Kier alpha value is -2.75. The molecule has 1 amide bonds. The van der Waals surface area contributed by atoms with E-state index in [9.17, 15) is 9.90 Å². The van der Waals surface area contributed by atoms with Crippen molar-refractivity contribution in [2.75, 3.05) is 5.32 Å². The van der Waals surface area contributed by atoms with Gasteiger partial charge in [0.2, 0.25) is 0 Å². The molecule has 0 aliphatic rings. The third-order valence-corrected chi connectivity index (χ3v) is 3.05. The molecule has 0 saturated carbocycles. The van der Waals surface area contributed by atoms with E-state index in [1.807, 2.05) is 25.1 Å². The fourth-order valence-electron chi connectivity index (χ4n) is 2.01. The van der Waals surface area contributed by atoms with Gasteiger partial charge in [-0.15, -0.1) is 0 Å². The number of aromatic hydroxyl groups is 1. The highest BCUT2D eigenvalue weighted by molar-refractivity contribution is 6.05. The molecule has 2 aromatic carbocycles. The molecular weight excluding hydrogens is 254 g/mol. The molecule has 100 valence electrons. The van der Waals surface area contributed by atoms with E-state index >= 15 is 0 Å². The summed E-state index contributed by atoms with van der Waals surface area (Å²) in [5.41, 5.74) is 2.10. The zero-order valence-electron chi connectivity index (χ0n) is 10.9. The summed E-state index contributed by atoms with van der Waals surface area (Å²) in [6.45, 7) is 1.96. The molecule has 0 fully saturated rings. The lowest BCUT2D eigenvalue weighted by atomic mass is 10.2. The first-order valence-corrected chi connectivity index (χ1v) is 6.23. The number of fused-ring (bicyclic) bond motifs is 1. The van der Waals surface area contributed by atoms with Crippen molar-refractivity contribution in [3.8, 4) is 5.75 Å². The fraction of sp³-hybridized carbons (Fsp3) is 0.0625. The Bertz CT molecular complexity index is 789. The lowest BCUT2D eigenvalue weighted by molar-refractivity contribution is 0.0998. The molecule has 3 aromatic rings. The van der Waals surface area contributed by atoms with Crippen molar-refractivity contribution in [1.82, 2.24) is 0 Å². The Balaban J connectivity index is 1.91. The quantitative estimate of drug-likeness (QED) is 0.696. The second kappa shape index (κ2) is 4.74. The molecule has 4 nitrogen and oxygen atoms in total. The minimum atomic E-state index is -0.389. The molecule has 0 spiro atoms. The van der Waals surface area contributed by atoms with Gasteiger partial charge in [0.15, 0.2) is 5.76 Å². The largest absolute Gasteiger partial charge is 0.506 e. The molecule has 4 heteroatoms.